The second kappa shape index (κ2) is 6.34. The van der Waals surface area contributed by atoms with E-state index in [2.05, 4.69) is 5.32 Å². The number of carbonyl (C=O) groups is 2. The van der Waals surface area contributed by atoms with Crippen molar-refractivity contribution in [2.24, 2.45) is 0 Å². The van der Waals surface area contributed by atoms with Crippen molar-refractivity contribution in [3.63, 3.8) is 0 Å². The van der Waals surface area contributed by atoms with Gasteiger partial charge in [-0.05, 0) is 18.6 Å². The summed E-state index contributed by atoms with van der Waals surface area (Å²) in [4.78, 5) is 32.3. The average molecular weight is 267 g/mol. The number of nitrogens with one attached hydrogen (secondary N) is 2. The summed E-state index contributed by atoms with van der Waals surface area (Å²) in [7, 11) is 1.36. The molecule has 2 N–H and O–H groups in total. The molecule has 0 radical (unpaired) electrons. The molecule has 3 amide bonds. The summed E-state index contributed by atoms with van der Waals surface area (Å²) in [5.74, 6) is -0.725. The third kappa shape index (κ3) is 4.26. The van der Waals surface area contributed by atoms with E-state index >= 15 is 0 Å². The van der Waals surface area contributed by atoms with Crippen LogP contribution in [0.2, 0.25) is 0 Å². The van der Waals surface area contributed by atoms with Gasteiger partial charge in [0, 0.05) is 13.1 Å². The quantitative estimate of drug-likeness (QED) is 0.617. The summed E-state index contributed by atoms with van der Waals surface area (Å²) < 4.78 is 5.03. The SMILES string of the molecule is CNC(=O)NC(=O)COc1ccc(C)cc1[N+](=O)[O-]. The molecule has 0 bridgehead atoms. The Kier molecular flexibility index (Phi) is 4.81. The summed E-state index contributed by atoms with van der Waals surface area (Å²) in [6.45, 7) is 1.21. The van der Waals surface area contributed by atoms with Crippen molar-refractivity contribution >= 4 is 17.6 Å². The first-order valence-corrected chi connectivity index (χ1v) is 5.33. The lowest BCUT2D eigenvalue weighted by Gasteiger charge is -2.07. The maximum atomic E-state index is 11.3. The van der Waals surface area contributed by atoms with Crippen molar-refractivity contribution in [2.45, 2.75) is 6.92 Å². The predicted octanol–water partition coefficient (Wildman–Crippen LogP) is 0.738. The van der Waals surface area contributed by atoms with E-state index < -0.39 is 23.5 Å². The molecule has 1 aromatic carbocycles. The van der Waals surface area contributed by atoms with Crippen molar-refractivity contribution in [1.29, 1.82) is 0 Å². The Morgan fingerprint density at radius 3 is 2.68 bits per heavy atom. The summed E-state index contributed by atoms with van der Waals surface area (Å²) in [6, 6.07) is 3.69. The highest BCUT2D eigenvalue weighted by Crippen LogP contribution is 2.27. The van der Waals surface area contributed by atoms with Crippen molar-refractivity contribution in [3.8, 4) is 5.75 Å². The van der Waals surface area contributed by atoms with Crippen LogP contribution in [0.5, 0.6) is 5.75 Å². The summed E-state index contributed by atoms with van der Waals surface area (Å²) in [6.07, 6.45) is 0. The number of urea groups is 1. The standard InChI is InChI=1S/C11H13N3O5/c1-7-3-4-9(8(5-7)14(17)18)19-6-10(15)13-11(16)12-2/h3-5H,6H2,1-2H3,(H2,12,13,15,16). The molecule has 0 spiro atoms. The molecular formula is C11H13N3O5. The molecule has 8 nitrogen and oxygen atoms in total. The first kappa shape index (κ1) is 14.4. The smallest absolute Gasteiger partial charge is 0.321 e. The number of nitro groups is 1. The molecule has 0 aliphatic carbocycles. The van der Waals surface area contributed by atoms with Gasteiger partial charge in [0.15, 0.2) is 12.4 Å². The number of imide groups is 1. The maximum Gasteiger partial charge on any atom is 0.321 e. The van der Waals surface area contributed by atoms with E-state index in [0.29, 0.717) is 5.56 Å². The van der Waals surface area contributed by atoms with E-state index in [0.717, 1.165) is 0 Å². The molecule has 19 heavy (non-hydrogen) atoms. The van der Waals surface area contributed by atoms with E-state index in [1.165, 1.54) is 19.2 Å². The monoisotopic (exact) mass is 267 g/mol. The Balaban J connectivity index is 2.70. The van der Waals surface area contributed by atoms with Crippen molar-refractivity contribution in [2.75, 3.05) is 13.7 Å². The van der Waals surface area contributed by atoms with Gasteiger partial charge in [-0.15, -0.1) is 0 Å². The van der Waals surface area contributed by atoms with Crippen LogP contribution in [0.1, 0.15) is 5.56 Å². The van der Waals surface area contributed by atoms with Gasteiger partial charge >= 0.3 is 11.7 Å². The van der Waals surface area contributed by atoms with Gasteiger partial charge in [0.1, 0.15) is 0 Å². The van der Waals surface area contributed by atoms with Crippen molar-refractivity contribution in [1.82, 2.24) is 10.6 Å². The van der Waals surface area contributed by atoms with Gasteiger partial charge in [-0.3, -0.25) is 20.2 Å². The third-order valence-electron chi connectivity index (χ3n) is 2.15. The number of benzene rings is 1. The molecule has 0 aliphatic rings. The summed E-state index contributed by atoms with van der Waals surface area (Å²) in [5.41, 5.74) is 0.474. The maximum absolute atomic E-state index is 11.3. The zero-order valence-corrected chi connectivity index (χ0v) is 10.4. The van der Waals surface area contributed by atoms with Crippen LogP contribution < -0.4 is 15.4 Å². The minimum absolute atomic E-state index is 0.0253. The summed E-state index contributed by atoms with van der Waals surface area (Å²) in [5, 5.41) is 15.0. The second-order valence-corrected chi connectivity index (χ2v) is 3.64. The summed E-state index contributed by atoms with van der Waals surface area (Å²) >= 11 is 0. The van der Waals surface area contributed by atoms with Crippen molar-refractivity contribution in [3.05, 3.63) is 33.9 Å². The molecule has 1 rings (SSSR count). The number of aryl methyl sites for hydroxylation is 1. The number of amides is 3. The number of nitrogens with zero attached hydrogens (tertiary/aromatic N) is 1. The highest BCUT2D eigenvalue weighted by molar-refractivity contribution is 5.94. The minimum Gasteiger partial charge on any atom is -0.477 e. The third-order valence-corrected chi connectivity index (χ3v) is 2.15. The first-order chi connectivity index (χ1) is 8.93. The molecule has 8 heteroatoms. The topological polar surface area (TPSA) is 111 Å². The van der Waals surface area contributed by atoms with E-state index in [-0.39, 0.29) is 11.4 Å². The van der Waals surface area contributed by atoms with Crippen LogP contribution in [0.25, 0.3) is 0 Å². The molecular weight excluding hydrogens is 254 g/mol. The molecule has 0 aliphatic heterocycles. The van der Waals surface area contributed by atoms with Crippen LogP contribution in [-0.4, -0.2) is 30.5 Å². The number of hydrogen-bond donors (Lipinski definition) is 2. The second-order valence-electron chi connectivity index (χ2n) is 3.64. The van der Waals surface area contributed by atoms with E-state index in [1.54, 1.807) is 13.0 Å². The van der Waals surface area contributed by atoms with Crippen molar-refractivity contribution < 1.29 is 19.2 Å². The van der Waals surface area contributed by atoms with Crippen LogP contribution in [0.3, 0.4) is 0 Å². The van der Waals surface area contributed by atoms with Gasteiger partial charge in [0.2, 0.25) is 0 Å². The normalized spacial score (nSPS) is 9.58. The zero-order valence-electron chi connectivity index (χ0n) is 10.4. The number of rotatable bonds is 4. The minimum atomic E-state index is -0.700. The Morgan fingerprint density at radius 2 is 2.11 bits per heavy atom. The number of carbonyl (C=O) groups excluding carboxylic acids is 2. The van der Waals surface area contributed by atoms with Gasteiger partial charge in [-0.2, -0.15) is 0 Å². The van der Waals surface area contributed by atoms with Crippen LogP contribution in [0.4, 0.5) is 10.5 Å². The first-order valence-electron chi connectivity index (χ1n) is 5.33. The number of hydrogen-bond acceptors (Lipinski definition) is 5. The van der Waals surface area contributed by atoms with Crippen LogP contribution in [0.15, 0.2) is 18.2 Å². The lowest BCUT2D eigenvalue weighted by Crippen LogP contribution is -2.39. The molecule has 102 valence electrons. The van der Waals surface area contributed by atoms with E-state index in [1.807, 2.05) is 5.32 Å². The van der Waals surface area contributed by atoms with E-state index in [4.69, 9.17) is 4.74 Å². The highest BCUT2D eigenvalue weighted by Gasteiger charge is 2.16. The molecule has 0 aromatic heterocycles. The van der Waals surface area contributed by atoms with Gasteiger partial charge < -0.3 is 10.1 Å². The fourth-order valence-electron chi connectivity index (χ4n) is 1.26. The lowest BCUT2D eigenvalue weighted by molar-refractivity contribution is -0.385. The van der Waals surface area contributed by atoms with Crippen LogP contribution in [0, 0.1) is 17.0 Å². The molecule has 0 saturated heterocycles. The predicted molar refractivity (Wildman–Crippen MR) is 65.9 cm³/mol. The average Bonchev–Trinajstić information content (AvgIpc) is 2.36. The Morgan fingerprint density at radius 1 is 1.42 bits per heavy atom. The zero-order chi connectivity index (χ0) is 14.4. The Bertz CT molecular complexity index is 515. The number of nitro benzene ring substituents is 1. The fraction of sp³-hybridized carbons (Fsp3) is 0.273. The molecule has 0 heterocycles. The Labute approximate surface area is 108 Å². The molecule has 0 atom stereocenters. The fourth-order valence-corrected chi connectivity index (χ4v) is 1.26. The highest BCUT2D eigenvalue weighted by atomic mass is 16.6. The number of ether oxygens (including phenoxy) is 1. The van der Waals surface area contributed by atoms with Gasteiger partial charge in [0.05, 0.1) is 4.92 Å². The molecule has 0 saturated carbocycles. The molecule has 0 fully saturated rings. The largest absolute Gasteiger partial charge is 0.477 e. The van der Waals surface area contributed by atoms with Gasteiger partial charge in [-0.25, -0.2) is 4.79 Å². The molecule has 1 aromatic rings. The lowest BCUT2D eigenvalue weighted by atomic mass is 10.2. The van der Waals surface area contributed by atoms with Crippen LogP contribution in [-0.2, 0) is 4.79 Å². The van der Waals surface area contributed by atoms with E-state index in [9.17, 15) is 19.7 Å². The van der Waals surface area contributed by atoms with Crippen LogP contribution >= 0.6 is 0 Å². The van der Waals surface area contributed by atoms with Gasteiger partial charge in [0.25, 0.3) is 5.91 Å². The van der Waals surface area contributed by atoms with Gasteiger partial charge in [-0.1, -0.05) is 6.07 Å². The molecule has 0 unspecified atom stereocenters. The Hall–Kier alpha value is -2.64.